The monoisotopic (exact) mass is 359 g/mol. The molecule has 0 radical (unpaired) electrons. The first-order valence-electron chi connectivity index (χ1n) is 7.83. The number of rotatable bonds is 3. The molecule has 0 fully saturated rings. The van der Waals surface area contributed by atoms with Gasteiger partial charge < -0.3 is 25.0 Å². The lowest BCUT2D eigenvalue weighted by atomic mass is 9.80. The zero-order chi connectivity index (χ0) is 19.4. The Balaban J connectivity index is 2.81. The highest BCUT2D eigenvalue weighted by atomic mass is 16.5. The van der Waals surface area contributed by atoms with Gasteiger partial charge in [0.25, 0.3) is 0 Å². The first-order chi connectivity index (χ1) is 12.4. The minimum Gasteiger partial charge on any atom is -0.515 e. The van der Waals surface area contributed by atoms with Crippen molar-refractivity contribution in [2.24, 2.45) is 0 Å². The molecule has 1 aliphatic rings. The molecule has 3 N–H and O–H groups in total. The van der Waals surface area contributed by atoms with Gasteiger partial charge in [0.1, 0.15) is 0 Å². The Morgan fingerprint density at radius 2 is 1.46 bits per heavy atom. The van der Waals surface area contributed by atoms with Crippen molar-refractivity contribution in [1.82, 2.24) is 5.32 Å². The van der Waals surface area contributed by atoms with E-state index in [9.17, 15) is 19.8 Å². The van der Waals surface area contributed by atoms with Gasteiger partial charge >= 0.3 is 11.9 Å². The molecule has 0 aromatic heterocycles. The maximum Gasteiger partial charge on any atom is 0.336 e. The third-order valence-electron chi connectivity index (χ3n) is 4.29. The van der Waals surface area contributed by atoms with Crippen molar-refractivity contribution < 1.29 is 29.3 Å². The van der Waals surface area contributed by atoms with Crippen LogP contribution in [0.5, 0.6) is 0 Å². The summed E-state index contributed by atoms with van der Waals surface area (Å²) in [5, 5.41) is 22.5. The average molecular weight is 359 g/mol. The minimum atomic E-state index is -0.748. The van der Waals surface area contributed by atoms with E-state index in [-0.39, 0.29) is 11.1 Å². The number of carbonyl (C=O) groups excluding carboxylic acids is 2. The van der Waals surface area contributed by atoms with Gasteiger partial charge in [-0.2, -0.15) is 0 Å². The van der Waals surface area contributed by atoms with E-state index in [1.54, 1.807) is 32.0 Å². The lowest BCUT2D eigenvalue weighted by Crippen LogP contribution is -2.33. The fourth-order valence-corrected chi connectivity index (χ4v) is 3.09. The van der Waals surface area contributed by atoms with Gasteiger partial charge in [0.15, 0.2) is 0 Å². The molecule has 0 saturated carbocycles. The summed E-state index contributed by atoms with van der Waals surface area (Å²) in [6.07, 6.45) is 1.70. The largest absolute Gasteiger partial charge is 0.515 e. The summed E-state index contributed by atoms with van der Waals surface area (Å²) in [6.45, 7) is 3.43. The van der Waals surface area contributed by atoms with Gasteiger partial charge in [-0.25, -0.2) is 9.59 Å². The van der Waals surface area contributed by atoms with E-state index in [4.69, 9.17) is 9.47 Å². The zero-order valence-corrected chi connectivity index (χ0v) is 15.0. The normalized spacial score (nSPS) is 16.6. The van der Waals surface area contributed by atoms with Gasteiger partial charge in [-0.1, -0.05) is 12.1 Å². The van der Waals surface area contributed by atoms with Gasteiger partial charge in [-0.15, -0.1) is 0 Å². The van der Waals surface area contributed by atoms with E-state index in [0.717, 1.165) is 12.5 Å². The first kappa shape index (κ1) is 19.1. The lowest BCUT2D eigenvalue weighted by molar-refractivity contribution is -0.137. The predicted molar refractivity (Wildman–Crippen MR) is 95.2 cm³/mol. The van der Waals surface area contributed by atoms with Crippen LogP contribution >= 0.6 is 0 Å². The number of carbonyl (C=O) groups is 2. The maximum absolute atomic E-state index is 12.4. The molecule has 0 unspecified atom stereocenters. The summed E-state index contributed by atoms with van der Waals surface area (Å²) < 4.78 is 9.79. The number of ether oxygens (including phenoxy) is 2. The van der Waals surface area contributed by atoms with Crippen molar-refractivity contribution in [2.75, 3.05) is 14.2 Å². The average Bonchev–Trinajstić information content (AvgIpc) is 2.65. The van der Waals surface area contributed by atoms with Crippen LogP contribution in [0, 0.1) is 0 Å². The van der Waals surface area contributed by atoms with Gasteiger partial charge in [0.05, 0.1) is 43.8 Å². The summed E-state index contributed by atoms with van der Waals surface area (Å²) in [4.78, 5) is 24.8. The number of nitrogens with one attached hydrogen (secondary N) is 1. The van der Waals surface area contributed by atoms with Crippen LogP contribution < -0.4 is 15.8 Å². The van der Waals surface area contributed by atoms with Crippen molar-refractivity contribution in [3.8, 4) is 0 Å². The number of aliphatic hydroxyl groups is 2. The van der Waals surface area contributed by atoms with E-state index in [1.165, 1.54) is 14.2 Å². The highest BCUT2D eigenvalue weighted by Crippen LogP contribution is 2.38. The number of hydrogen-bond acceptors (Lipinski definition) is 7. The first-order valence-corrected chi connectivity index (χ1v) is 7.83. The molecular formula is C19H21NO6. The summed E-state index contributed by atoms with van der Waals surface area (Å²) >= 11 is 0. The smallest absolute Gasteiger partial charge is 0.336 e. The summed E-state index contributed by atoms with van der Waals surface area (Å²) in [7, 11) is 2.53. The Labute approximate surface area is 150 Å². The molecule has 0 saturated heterocycles. The second-order valence-corrected chi connectivity index (χ2v) is 5.77. The molecule has 0 spiro atoms. The standard InChI is InChI=1S/C19H21NO6/c1-10-15(18(23)25-3)17(16(11(2)20-10)19(24)26-4)12-5-6-13(8-21)14(7-12)9-22/h5-9,17,20-22H,1-4H3. The molecule has 0 bridgehead atoms. The van der Waals surface area contributed by atoms with Crippen molar-refractivity contribution >= 4 is 24.5 Å². The molecule has 1 aromatic rings. The molecule has 1 heterocycles. The van der Waals surface area contributed by atoms with Crippen LogP contribution in [0.15, 0.2) is 40.7 Å². The Kier molecular flexibility index (Phi) is 5.71. The number of benzene rings is 1. The molecule has 7 heteroatoms. The summed E-state index contributed by atoms with van der Waals surface area (Å²) in [5.41, 5.74) is 2.21. The highest BCUT2D eigenvalue weighted by Gasteiger charge is 2.37. The van der Waals surface area contributed by atoms with Crippen LogP contribution in [0.25, 0.3) is 12.5 Å². The fourth-order valence-electron chi connectivity index (χ4n) is 3.09. The molecule has 0 aliphatic carbocycles. The summed E-state index contributed by atoms with van der Waals surface area (Å²) in [6, 6.07) is 4.83. The number of aliphatic hydroxyl groups excluding tert-OH is 2. The van der Waals surface area contributed by atoms with Crippen molar-refractivity contribution in [3.05, 3.63) is 56.7 Å². The molecule has 1 aliphatic heterocycles. The van der Waals surface area contributed by atoms with E-state index >= 15 is 0 Å². The third-order valence-corrected chi connectivity index (χ3v) is 4.29. The Hall–Kier alpha value is -3.22. The molecule has 138 valence electrons. The van der Waals surface area contributed by atoms with E-state index in [2.05, 4.69) is 5.32 Å². The van der Waals surface area contributed by atoms with Crippen LogP contribution in [0.3, 0.4) is 0 Å². The molecule has 0 amide bonds. The predicted octanol–water partition coefficient (Wildman–Crippen LogP) is 0.859. The van der Waals surface area contributed by atoms with Gasteiger partial charge in [-0.3, -0.25) is 0 Å². The molecule has 7 nitrogen and oxygen atoms in total. The Morgan fingerprint density at radius 3 is 1.88 bits per heavy atom. The number of allylic oxidation sites excluding steroid dienone is 2. The maximum atomic E-state index is 12.4. The number of hydrogen-bond donors (Lipinski definition) is 3. The number of methoxy groups -OCH3 is 2. The van der Waals surface area contributed by atoms with Crippen molar-refractivity contribution in [1.29, 1.82) is 0 Å². The van der Waals surface area contributed by atoms with Crippen LogP contribution in [0.1, 0.15) is 25.3 Å². The van der Waals surface area contributed by atoms with Crippen LogP contribution in [0.2, 0.25) is 0 Å². The van der Waals surface area contributed by atoms with Gasteiger partial charge in [0.2, 0.25) is 0 Å². The second-order valence-electron chi connectivity index (χ2n) is 5.77. The van der Waals surface area contributed by atoms with E-state index in [0.29, 0.717) is 27.4 Å². The minimum absolute atomic E-state index is 0.267. The van der Waals surface area contributed by atoms with Crippen LogP contribution in [0.4, 0.5) is 0 Å². The van der Waals surface area contributed by atoms with E-state index < -0.39 is 17.9 Å². The SMILES string of the molecule is COC(=O)C1=C(C)NC(C)=C(C(=O)OC)C1c1ccc(=CO)c(=CO)c1. The molecule has 1 aromatic carbocycles. The second kappa shape index (κ2) is 7.77. The van der Waals surface area contributed by atoms with Gasteiger partial charge in [-0.05, 0) is 25.5 Å². The van der Waals surface area contributed by atoms with Crippen LogP contribution in [-0.4, -0.2) is 36.4 Å². The highest BCUT2D eigenvalue weighted by molar-refractivity contribution is 5.99. The summed E-state index contributed by atoms with van der Waals surface area (Å²) in [5.74, 6) is -1.91. The third kappa shape index (κ3) is 3.28. The van der Waals surface area contributed by atoms with Crippen molar-refractivity contribution in [2.45, 2.75) is 19.8 Å². The molecule has 26 heavy (non-hydrogen) atoms. The Bertz CT molecular complexity index is 888. The lowest BCUT2D eigenvalue weighted by Gasteiger charge is -2.30. The van der Waals surface area contributed by atoms with Crippen LogP contribution in [-0.2, 0) is 19.1 Å². The van der Waals surface area contributed by atoms with E-state index in [1.807, 2.05) is 0 Å². The Morgan fingerprint density at radius 1 is 0.962 bits per heavy atom. The fraction of sp³-hybridized carbons (Fsp3) is 0.263. The number of esters is 2. The van der Waals surface area contributed by atoms with Gasteiger partial charge in [0, 0.05) is 21.8 Å². The molecule has 0 atom stereocenters. The zero-order valence-electron chi connectivity index (χ0n) is 15.0. The quantitative estimate of drug-likeness (QED) is 0.688. The molecular weight excluding hydrogens is 338 g/mol. The number of dihydropyridines is 1. The van der Waals surface area contributed by atoms with Crippen molar-refractivity contribution in [3.63, 3.8) is 0 Å². The molecule has 2 rings (SSSR count). The topological polar surface area (TPSA) is 105 Å².